The van der Waals surface area contributed by atoms with Crippen LogP contribution in [0.4, 0.5) is 0 Å². The highest BCUT2D eigenvalue weighted by molar-refractivity contribution is 5.25. The van der Waals surface area contributed by atoms with Gasteiger partial charge in [-0.3, -0.25) is 0 Å². The molecule has 0 amide bonds. The zero-order valence-corrected chi connectivity index (χ0v) is 11.7. The minimum Gasteiger partial charge on any atom is -0.371 e. The average Bonchev–Trinajstić information content (AvgIpc) is 2.32. The maximum absolute atomic E-state index is 5.54. The monoisotopic (exact) mass is 237 g/mol. The number of methoxy groups -OCH3 is 1. The van der Waals surface area contributed by atoms with E-state index in [9.17, 15) is 0 Å². The molecule has 0 saturated carbocycles. The Labute approximate surface area is 104 Å². The molecule has 0 aliphatic carbocycles. The molecule has 17 heavy (non-hydrogen) atoms. The average molecular weight is 237 g/mol. The van der Waals surface area contributed by atoms with E-state index in [-0.39, 0.29) is 0 Å². The second kappa shape index (κ2) is 5.56. The summed E-state index contributed by atoms with van der Waals surface area (Å²) in [5.74, 6) is 0.775. The van der Waals surface area contributed by atoms with Gasteiger partial charge in [-0.2, -0.15) is 0 Å². The number of hydrogen-bond donors (Lipinski definition) is 1. The normalized spacial score (nSPS) is 14.7. The zero-order valence-electron chi connectivity index (χ0n) is 11.7. The summed E-state index contributed by atoms with van der Waals surface area (Å²) in [6.45, 7) is 8.96. The number of nitrogens with zero attached hydrogens (tertiary/aromatic N) is 2. The fourth-order valence-electron chi connectivity index (χ4n) is 1.80. The van der Waals surface area contributed by atoms with E-state index in [0.717, 1.165) is 30.2 Å². The predicted octanol–water partition coefficient (Wildman–Crippen LogP) is 2.08. The van der Waals surface area contributed by atoms with Crippen LogP contribution in [0.5, 0.6) is 0 Å². The molecule has 0 bridgehead atoms. The molecule has 0 aliphatic rings. The van der Waals surface area contributed by atoms with Gasteiger partial charge in [0.2, 0.25) is 0 Å². The van der Waals surface area contributed by atoms with Crippen LogP contribution in [0.3, 0.4) is 0 Å². The minimum atomic E-state index is -0.395. The molecular weight excluding hydrogens is 214 g/mol. The van der Waals surface area contributed by atoms with E-state index in [4.69, 9.17) is 4.74 Å². The molecule has 96 valence electrons. The van der Waals surface area contributed by atoms with Gasteiger partial charge >= 0.3 is 0 Å². The number of nitrogens with one attached hydrogen (secondary N) is 1. The zero-order chi connectivity index (χ0) is 13.1. The van der Waals surface area contributed by atoms with Crippen LogP contribution < -0.4 is 5.32 Å². The number of hydrogen-bond acceptors (Lipinski definition) is 4. The van der Waals surface area contributed by atoms with Crippen molar-refractivity contribution in [2.24, 2.45) is 0 Å². The molecule has 1 aromatic heterocycles. The van der Waals surface area contributed by atoms with E-state index < -0.39 is 5.60 Å². The molecule has 0 saturated heterocycles. The van der Waals surface area contributed by atoms with Crippen LogP contribution >= 0.6 is 0 Å². The summed E-state index contributed by atoms with van der Waals surface area (Å²) in [6.07, 6.45) is 0.855. The summed E-state index contributed by atoms with van der Waals surface area (Å²) in [7, 11) is 3.64. The van der Waals surface area contributed by atoms with Crippen LogP contribution in [0, 0.1) is 13.8 Å². The molecule has 0 spiro atoms. The quantitative estimate of drug-likeness (QED) is 0.851. The van der Waals surface area contributed by atoms with Gasteiger partial charge in [0, 0.05) is 30.6 Å². The van der Waals surface area contributed by atoms with Gasteiger partial charge in [0.15, 0.2) is 5.82 Å². The van der Waals surface area contributed by atoms with Gasteiger partial charge in [-0.15, -0.1) is 0 Å². The standard InChI is InChI=1S/C13H23N3O/c1-7-13(4,17-6)12-15-9(2)11(8-14-5)10(3)16-12/h14H,7-8H2,1-6H3. The highest BCUT2D eigenvalue weighted by Crippen LogP contribution is 2.26. The Morgan fingerprint density at radius 1 is 1.24 bits per heavy atom. The van der Waals surface area contributed by atoms with Gasteiger partial charge in [0.25, 0.3) is 0 Å². The van der Waals surface area contributed by atoms with Crippen molar-refractivity contribution >= 4 is 0 Å². The van der Waals surface area contributed by atoms with Gasteiger partial charge < -0.3 is 10.1 Å². The molecule has 0 radical (unpaired) electrons. The first-order chi connectivity index (χ1) is 7.98. The van der Waals surface area contributed by atoms with Gasteiger partial charge in [-0.05, 0) is 34.2 Å². The summed E-state index contributed by atoms with van der Waals surface area (Å²) >= 11 is 0. The van der Waals surface area contributed by atoms with Gasteiger partial charge in [-0.1, -0.05) is 6.92 Å². The van der Waals surface area contributed by atoms with E-state index in [1.165, 1.54) is 5.56 Å². The summed E-state index contributed by atoms with van der Waals surface area (Å²) in [4.78, 5) is 9.18. The third kappa shape index (κ3) is 2.82. The number of aromatic nitrogens is 2. The lowest BCUT2D eigenvalue weighted by atomic mass is 10.0. The van der Waals surface area contributed by atoms with E-state index in [1.807, 2.05) is 27.8 Å². The van der Waals surface area contributed by atoms with E-state index in [1.54, 1.807) is 7.11 Å². The second-order valence-corrected chi connectivity index (χ2v) is 4.52. The second-order valence-electron chi connectivity index (χ2n) is 4.52. The molecule has 1 unspecified atom stereocenters. The van der Waals surface area contributed by atoms with Crippen molar-refractivity contribution in [2.45, 2.75) is 46.3 Å². The van der Waals surface area contributed by atoms with Gasteiger partial charge in [0.1, 0.15) is 5.60 Å². The molecule has 1 heterocycles. The fraction of sp³-hybridized carbons (Fsp3) is 0.692. The SMILES string of the molecule is CCC(C)(OC)c1nc(C)c(CNC)c(C)n1. The maximum atomic E-state index is 5.54. The van der Waals surface area contributed by atoms with Crippen molar-refractivity contribution in [3.63, 3.8) is 0 Å². The summed E-state index contributed by atoms with van der Waals surface area (Å²) in [6, 6.07) is 0. The summed E-state index contributed by atoms with van der Waals surface area (Å²) in [5, 5.41) is 3.14. The van der Waals surface area contributed by atoms with Crippen molar-refractivity contribution in [3.05, 3.63) is 22.8 Å². The Balaban J connectivity index is 3.22. The minimum absolute atomic E-state index is 0.395. The smallest absolute Gasteiger partial charge is 0.160 e. The molecule has 0 aromatic carbocycles. The molecular formula is C13H23N3O. The third-order valence-corrected chi connectivity index (χ3v) is 3.37. The third-order valence-electron chi connectivity index (χ3n) is 3.37. The molecule has 1 atom stereocenters. The molecule has 0 fully saturated rings. The van der Waals surface area contributed by atoms with E-state index in [0.29, 0.717) is 0 Å². The lowest BCUT2D eigenvalue weighted by Crippen LogP contribution is -2.28. The molecule has 4 heteroatoms. The van der Waals surface area contributed by atoms with E-state index >= 15 is 0 Å². The van der Waals surface area contributed by atoms with Gasteiger partial charge in [0.05, 0.1) is 0 Å². The molecule has 1 rings (SSSR count). The van der Waals surface area contributed by atoms with Crippen LogP contribution in [0.25, 0.3) is 0 Å². The van der Waals surface area contributed by atoms with Gasteiger partial charge in [-0.25, -0.2) is 9.97 Å². The first kappa shape index (κ1) is 14.1. The first-order valence-electron chi connectivity index (χ1n) is 6.02. The molecule has 4 nitrogen and oxygen atoms in total. The molecule has 1 aromatic rings. The lowest BCUT2D eigenvalue weighted by Gasteiger charge is -2.26. The largest absolute Gasteiger partial charge is 0.371 e. The first-order valence-corrected chi connectivity index (χ1v) is 6.02. The Morgan fingerprint density at radius 2 is 1.76 bits per heavy atom. The fourth-order valence-corrected chi connectivity index (χ4v) is 1.80. The van der Waals surface area contributed by atoms with Crippen LogP contribution in [-0.4, -0.2) is 24.1 Å². The van der Waals surface area contributed by atoms with E-state index in [2.05, 4.69) is 22.2 Å². The Morgan fingerprint density at radius 3 is 2.12 bits per heavy atom. The van der Waals surface area contributed by atoms with Crippen molar-refractivity contribution < 1.29 is 4.74 Å². The number of rotatable bonds is 5. The Kier molecular flexibility index (Phi) is 4.60. The Hall–Kier alpha value is -1.00. The molecule has 1 N–H and O–H groups in total. The maximum Gasteiger partial charge on any atom is 0.160 e. The lowest BCUT2D eigenvalue weighted by molar-refractivity contribution is -0.00928. The predicted molar refractivity (Wildman–Crippen MR) is 68.9 cm³/mol. The highest BCUT2D eigenvalue weighted by atomic mass is 16.5. The van der Waals surface area contributed by atoms with Crippen LogP contribution in [0.1, 0.15) is 43.0 Å². The number of ether oxygens (including phenoxy) is 1. The van der Waals surface area contributed by atoms with Crippen LogP contribution in [0.2, 0.25) is 0 Å². The van der Waals surface area contributed by atoms with Crippen molar-refractivity contribution in [2.75, 3.05) is 14.2 Å². The van der Waals surface area contributed by atoms with Crippen molar-refractivity contribution in [1.29, 1.82) is 0 Å². The molecule has 0 aliphatic heterocycles. The van der Waals surface area contributed by atoms with Crippen LogP contribution in [-0.2, 0) is 16.9 Å². The van der Waals surface area contributed by atoms with Crippen LogP contribution in [0.15, 0.2) is 0 Å². The highest BCUT2D eigenvalue weighted by Gasteiger charge is 2.28. The summed E-state index contributed by atoms with van der Waals surface area (Å²) in [5.41, 5.74) is 2.83. The van der Waals surface area contributed by atoms with Crippen molar-refractivity contribution in [1.82, 2.24) is 15.3 Å². The van der Waals surface area contributed by atoms with Crippen molar-refractivity contribution in [3.8, 4) is 0 Å². The Bertz CT molecular complexity index is 363. The topological polar surface area (TPSA) is 47.0 Å². The number of aryl methyl sites for hydroxylation is 2. The summed E-state index contributed by atoms with van der Waals surface area (Å²) < 4.78 is 5.54.